The number of carbonyl (C=O) groups is 1. The standard InChI is InChI=1S/C17H17ClN4O5S.C16H11N4O3.Co.Na/c1-10(23)16(17(25)20-13-6-4-3-5-12(13)18)22-21-14-9-11(7-8-15(14)24)28(26,27)19-2;17-13-7-5-10-3-1-2-4-12(10)16(13)19-18-14-8-6-11(20(22)23)9-15(14)21;;/h3-9,19,23-24H,1-2H3,(H,20,25);1-9H,(H2-,17,18,19,21);;/q;-1;+3;+1/p-3/b16-10-,22-21?;;;. The largest absolute Gasteiger partial charge is 3.00 e. The number of nitro benzene ring substituents is 1. The van der Waals surface area contributed by atoms with Crippen molar-refractivity contribution in [2.24, 2.45) is 20.5 Å². The van der Waals surface area contributed by atoms with Gasteiger partial charge in [0.05, 0.1) is 37.6 Å². The van der Waals surface area contributed by atoms with Crippen molar-refractivity contribution in [3.05, 3.63) is 129 Å². The van der Waals surface area contributed by atoms with Crippen LogP contribution in [0.3, 0.4) is 0 Å². The molecule has 5 aromatic rings. The first kappa shape index (κ1) is 44.2. The van der Waals surface area contributed by atoms with Crippen LogP contribution in [-0.4, -0.2) is 26.3 Å². The third-order valence-electron chi connectivity index (χ3n) is 6.75. The minimum Gasteiger partial charge on any atom is -0.874 e. The normalized spacial score (nSPS) is 11.5. The Morgan fingerprint density at radius 1 is 0.868 bits per heavy atom. The molecule has 1 amide bonds. The molecule has 20 heteroatoms. The number of benzene rings is 5. The molecule has 0 spiro atoms. The molecule has 0 heterocycles. The summed E-state index contributed by atoms with van der Waals surface area (Å²) in [6, 6.07) is 23.6. The number of azo groups is 2. The van der Waals surface area contributed by atoms with Gasteiger partial charge in [0, 0.05) is 17.5 Å². The van der Waals surface area contributed by atoms with Crippen molar-refractivity contribution in [3.8, 4) is 11.5 Å². The van der Waals surface area contributed by atoms with Crippen LogP contribution in [0.1, 0.15) is 6.92 Å². The summed E-state index contributed by atoms with van der Waals surface area (Å²) in [6.45, 7) is 1.10. The van der Waals surface area contributed by atoms with Gasteiger partial charge in [-0.2, -0.15) is 15.3 Å². The molecule has 0 aliphatic carbocycles. The number of carbonyl (C=O) groups excluding carboxylic acids is 1. The molecule has 5 rings (SSSR count). The summed E-state index contributed by atoms with van der Waals surface area (Å²) >= 11 is 5.95. The predicted molar refractivity (Wildman–Crippen MR) is 184 cm³/mol. The van der Waals surface area contributed by atoms with E-state index in [2.05, 4.69) is 30.5 Å². The molecule has 0 aliphatic rings. The van der Waals surface area contributed by atoms with Gasteiger partial charge in [-0.1, -0.05) is 84.6 Å². The van der Waals surface area contributed by atoms with Crippen LogP contribution >= 0.6 is 11.6 Å². The molecule has 0 radical (unpaired) electrons. The zero-order valence-corrected chi connectivity index (χ0v) is 32.5. The van der Waals surface area contributed by atoms with Crippen LogP contribution < -0.4 is 54.9 Å². The van der Waals surface area contributed by atoms with Crippen LogP contribution in [0.15, 0.2) is 134 Å². The van der Waals surface area contributed by atoms with Crippen molar-refractivity contribution >= 4 is 72.4 Å². The number of rotatable bonds is 9. The van der Waals surface area contributed by atoms with Crippen molar-refractivity contribution in [1.82, 2.24) is 4.72 Å². The molecule has 268 valence electrons. The Morgan fingerprint density at radius 2 is 1.55 bits per heavy atom. The number of hydrogen-bond donors (Lipinski definition) is 2. The molecule has 0 fully saturated rings. The minimum absolute atomic E-state index is 0. The molecule has 0 atom stereocenters. The number of nitro groups is 1. The molecule has 53 heavy (non-hydrogen) atoms. The molecule has 0 aliphatic heterocycles. The molecule has 0 saturated heterocycles. The first-order valence-electron chi connectivity index (χ1n) is 14.4. The SMILES string of the molecule is CNS(=O)(=O)c1ccc([O-])c(N=N/C(C(=O)Nc2ccccc2Cl)=C(/C)[O-])c1.[Co+3].[NH-]c1ccc2ccccc2c1N=Nc1ccc([N+](=O)[O-])cc1[O-].[Na+]. The first-order valence-corrected chi connectivity index (χ1v) is 16.3. The van der Waals surface area contributed by atoms with E-state index in [1.54, 1.807) is 24.3 Å². The number of nitrogens with zero attached hydrogens (tertiary/aromatic N) is 5. The Balaban J connectivity index is 0.000000359. The van der Waals surface area contributed by atoms with Gasteiger partial charge in [0.25, 0.3) is 11.6 Å². The molecular formula is C33H25ClCoN8NaO8S. The summed E-state index contributed by atoms with van der Waals surface area (Å²) in [5, 5.41) is 65.4. The van der Waals surface area contributed by atoms with E-state index in [1.807, 2.05) is 30.3 Å². The molecule has 16 nitrogen and oxygen atoms in total. The fourth-order valence-corrected chi connectivity index (χ4v) is 5.08. The molecule has 0 saturated carbocycles. The molecule has 3 N–H and O–H groups in total. The Hall–Kier alpha value is -4.92. The van der Waals surface area contributed by atoms with Crippen molar-refractivity contribution in [1.29, 1.82) is 0 Å². The Labute approximate surface area is 340 Å². The fraction of sp³-hybridized carbons (Fsp3) is 0.0606. The third kappa shape index (κ3) is 11.5. The van der Waals surface area contributed by atoms with Gasteiger partial charge in [-0.25, -0.2) is 13.1 Å². The van der Waals surface area contributed by atoms with Crippen LogP contribution in [0.4, 0.5) is 34.1 Å². The number of fused-ring (bicyclic) bond motifs is 1. The smallest absolute Gasteiger partial charge is 0.874 e. The quantitative estimate of drug-likeness (QED) is 0.0554. The Bertz CT molecular complexity index is 2340. The third-order valence-corrected chi connectivity index (χ3v) is 8.49. The second-order valence-corrected chi connectivity index (χ2v) is 12.5. The average molecular weight is 811 g/mol. The van der Waals surface area contributed by atoms with Gasteiger partial charge >= 0.3 is 46.3 Å². The van der Waals surface area contributed by atoms with Crippen LogP contribution in [0.5, 0.6) is 11.5 Å². The van der Waals surface area contributed by atoms with E-state index >= 15 is 0 Å². The van der Waals surface area contributed by atoms with Gasteiger partial charge in [0.1, 0.15) is 5.70 Å². The number of amides is 1. The number of non-ortho nitro benzene ring substituents is 1. The topological polar surface area (TPSA) is 261 Å². The van der Waals surface area contributed by atoms with E-state index in [0.29, 0.717) is 5.69 Å². The van der Waals surface area contributed by atoms with Crippen molar-refractivity contribution < 1.29 is 79.8 Å². The first-order chi connectivity index (χ1) is 24.2. The second-order valence-electron chi connectivity index (χ2n) is 10.2. The Morgan fingerprint density at radius 3 is 2.19 bits per heavy atom. The summed E-state index contributed by atoms with van der Waals surface area (Å²) in [4.78, 5) is 22.1. The number of allylic oxidation sites excluding steroid dienone is 1. The van der Waals surface area contributed by atoms with E-state index in [1.165, 1.54) is 25.2 Å². The summed E-state index contributed by atoms with van der Waals surface area (Å²) in [7, 11) is -2.60. The van der Waals surface area contributed by atoms with Crippen LogP contribution in [0.25, 0.3) is 16.5 Å². The maximum Gasteiger partial charge on any atom is 3.00 e. The fourth-order valence-electron chi connectivity index (χ4n) is 4.15. The van der Waals surface area contributed by atoms with Crippen LogP contribution in [0, 0.1) is 10.1 Å². The van der Waals surface area contributed by atoms with E-state index in [4.69, 9.17) is 17.3 Å². The number of para-hydroxylation sites is 1. The summed E-state index contributed by atoms with van der Waals surface area (Å²) in [6.07, 6.45) is 0. The predicted octanol–water partition coefficient (Wildman–Crippen LogP) is 3.56. The Kier molecular flexibility index (Phi) is 16.5. The van der Waals surface area contributed by atoms with Gasteiger partial charge in [-0.05, 0) is 42.8 Å². The number of sulfonamides is 1. The zero-order valence-electron chi connectivity index (χ0n) is 27.9. The maximum atomic E-state index is 12.3. The second kappa shape index (κ2) is 19.8. The maximum absolute atomic E-state index is 12.3. The van der Waals surface area contributed by atoms with Gasteiger partial charge in [0.15, 0.2) is 0 Å². The molecule has 0 unspecified atom stereocenters. The summed E-state index contributed by atoms with van der Waals surface area (Å²) in [5.74, 6) is -2.81. The minimum atomic E-state index is -3.81. The van der Waals surface area contributed by atoms with Gasteiger partial charge in [-0.15, -0.1) is 16.6 Å². The van der Waals surface area contributed by atoms with E-state index in [9.17, 15) is 38.6 Å². The van der Waals surface area contributed by atoms with Crippen molar-refractivity contribution in [2.45, 2.75) is 11.8 Å². The van der Waals surface area contributed by atoms with Gasteiger partial charge < -0.3 is 26.4 Å². The van der Waals surface area contributed by atoms with Crippen LogP contribution in [0.2, 0.25) is 5.02 Å². The molecular weight excluding hydrogens is 786 g/mol. The number of hydrogen-bond acceptors (Lipinski definition) is 12. The van der Waals surface area contributed by atoms with E-state index < -0.39 is 43.8 Å². The summed E-state index contributed by atoms with van der Waals surface area (Å²) in [5.41, 5.74) is 7.50. The van der Waals surface area contributed by atoms with Crippen LogP contribution in [-0.2, 0) is 31.6 Å². The van der Waals surface area contributed by atoms with Crippen molar-refractivity contribution in [2.75, 3.05) is 12.4 Å². The van der Waals surface area contributed by atoms with E-state index in [-0.39, 0.29) is 84.7 Å². The van der Waals surface area contributed by atoms with Gasteiger partial charge in [-0.3, -0.25) is 14.9 Å². The molecule has 5 aromatic carbocycles. The zero-order chi connectivity index (χ0) is 37.3. The van der Waals surface area contributed by atoms with E-state index in [0.717, 1.165) is 42.0 Å². The molecule has 0 bridgehead atoms. The molecule has 0 aromatic heterocycles. The number of halogens is 1. The number of anilines is 1. The van der Waals surface area contributed by atoms with Crippen molar-refractivity contribution in [3.63, 3.8) is 0 Å². The van der Waals surface area contributed by atoms with Gasteiger partial charge in [0.2, 0.25) is 10.0 Å². The monoisotopic (exact) mass is 810 g/mol. The average Bonchev–Trinajstić information content (AvgIpc) is 3.10. The summed E-state index contributed by atoms with van der Waals surface area (Å²) < 4.78 is 25.8. The number of nitrogens with one attached hydrogen (secondary N) is 3.